The molecule has 4 nitrogen and oxygen atoms in total. The van der Waals surface area contributed by atoms with E-state index in [1.807, 2.05) is 45.0 Å². The van der Waals surface area contributed by atoms with Gasteiger partial charge in [0.1, 0.15) is 0 Å². The van der Waals surface area contributed by atoms with E-state index in [0.29, 0.717) is 12.1 Å². The molecule has 0 unspecified atom stereocenters. The SMILES string of the molecule is CCC(C)(C)C(=O)Nc1cc2ccccc2cc1C(=O)O. The molecule has 4 heteroatoms. The van der Waals surface area contributed by atoms with E-state index in [0.717, 1.165) is 10.8 Å². The van der Waals surface area contributed by atoms with Crippen LogP contribution in [0.2, 0.25) is 0 Å². The van der Waals surface area contributed by atoms with Crippen molar-refractivity contribution in [1.29, 1.82) is 0 Å². The molecule has 2 N–H and O–H groups in total. The Morgan fingerprint density at radius 2 is 1.71 bits per heavy atom. The zero-order valence-electron chi connectivity index (χ0n) is 12.4. The maximum Gasteiger partial charge on any atom is 0.337 e. The molecular weight excluding hydrogens is 266 g/mol. The number of hydrogen-bond donors (Lipinski definition) is 2. The summed E-state index contributed by atoms with van der Waals surface area (Å²) in [6.07, 6.45) is 0.675. The second-order valence-electron chi connectivity index (χ2n) is 5.74. The second kappa shape index (κ2) is 5.56. The zero-order valence-corrected chi connectivity index (χ0v) is 12.4. The molecule has 0 aliphatic rings. The molecule has 0 spiro atoms. The third kappa shape index (κ3) is 3.05. The molecule has 0 saturated heterocycles. The van der Waals surface area contributed by atoms with Crippen LogP contribution in [-0.2, 0) is 4.79 Å². The van der Waals surface area contributed by atoms with Gasteiger partial charge in [0, 0.05) is 5.41 Å². The van der Waals surface area contributed by atoms with E-state index in [4.69, 9.17) is 0 Å². The van der Waals surface area contributed by atoms with Crippen LogP contribution >= 0.6 is 0 Å². The molecule has 2 aromatic rings. The van der Waals surface area contributed by atoms with Crippen molar-refractivity contribution in [2.24, 2.45) is 5.41 Å². The highest BCUT2D eigenvalue weighted by atomic mass is 16.4. The Bertz CT molecular complexity index is 704. The summed E-state index contributed by atoms with van der Waals surface area (Å²) in [5, 5.41) is 13.8. The summed E-state index contributed by atoms with van der Waals surface area (Å²) in [4.78, 5) is 23.7. The fraction of sp³-hybridized carbons (Fsp3) is 0.294. The van der Waals surface area contributed by atoms with Crippen LogP contribution in [0.3, 0.4) is 0 Å². The Kier molecular flexibility index (Phi) is 3.98. The minimum atomic E-state index is -1.05. The van der Waals surface area contributed by atoms with Crippen molar-refractivity contribution in [2.75, 3.05) is 5.32 Å². The van der Waals surface area contributed by atoms with E-state index in [1.54, 1.807) is 12.1 Å². The van der Waals surface area contributed by atoms with Crippen molar-refractivity contribution < 1.29 is 14.7 Å². The van der Waals surface area contributed by atoms with Crippen molar-refractivity contribution in [3.8, 4) is 0 Å². The van der Waals surface area contributed by atoms with Gasteiger partial charge in [-0.05, 0) is 29.3 Å². The summed E-state index contributed by atoms with van der Waals surface area (Å²) < 4.78 is 0. The number of nitrogens with one attached hydrogen (secondary N) is 1. The number of carbonyl (C=O) groups excluding carboxylic acids is 1. The summed E-state index contributed by atoms with van der Waals surface area (Å²) in [6.45, 7) is 5.60. The number of amides is 1. The van der Waals surface area contributed by atoms with E-state index in [2.05, 4.69) is 5.32 Å². The molecule has 0 radical (unpaired) electrons. The fourth-order valence-corrected chi connectivity index (χ4v) is 1.97. The highest BCUT2D eigenvalue weighted by Gasteiger charge is 2.26. The molecule has 2 rings (SSSR count). The highest BCUT2D eigenvalue weighted by molar-refractivity contribution is 6.06. The lowest BCUT2D eigenvalue weighted by atomic mass is 9.89. The Balaban J connectivity index is 2.49. The van der Waals surface area contributed by atoms with Crippen LogP contribution in [0.1, 0.15) is 37.6 Å². The lowest BCUT2D eigenvalue weighted by Gasteiger charge is -2.22. The topological polar surface area (TPSA) is 66.4 Å². The quantitative estimate of drug-likeness (QED) is 0.895. The molecule has 1 amide bonds. The van der Waals surface area contributed by atoms with E-state index < -0.39 is 11.4 Å². The molecule has 0 fully saturated rings. The first kappa shape index (κ1) is 15.0. The molecule has 0 aliphatic heterocycles. The summed E-state index contributed by atoms with van der Waals surface area (Å²) in [6, 6.07) is 10.8. The number of carboxylic acid groups (broad SMARTS) is 1. The lowest BCUT2D eigenvalue weighted by Crippen LogP contribution is -2.30. The van der Waals surface area contributed by atoms with Crippen LogP contribution in [0.4, 0.5) is 5.69 Å². The van der Waals surface area contributed by atoms with Gasteiger partial charge in [-0.1, -0.05) is 45.0 Å². The van der Waals surface area contributed by atoms with E-state index in [1.165, 1.54) is 0 Å². The molecule has 0 aromatic heterocycles. The van der Waals surface area contributed by atoms with E-state index >= 15 is 0 Å². The van der Waals surface area contributed by atoms with Crippen LogP contribution < -0.4 is 5.32 Å². The van der Waals surface area contributed by atoms with Gasteiger partial charge in [0.15, 0.2) is 0 Å². The molecule has 0 saturated carbocycles. The average molecular weight is 285 g/mol. The largest absolute Gasteiger partial charge is 0.478 e. The van der Waals surface area contributed by atoms with Crippen LogP contribution in [0.15, 0.2) is 36.4 Å². The number of rotatable bonds is 4. The first-order valence-electron chi connectivity index (χ1n) is 6.92. The van der Waals surface area contributed by atoms with Gasteiger partial charge in [0.05, 0.1) is 11.3 Å². The van der Waals surface area contributed by atoms with Crippen molar-refractivity contribution in [1.82, 2.24) is 0 Å². The summed E-state index contributed by atoms with van der Waals surface area (Å²) in [5.41, 5.74) is -0.0943. The van der Waals surface area contributed by atoms with Gasteiger partial charge in [-0.3, -0.25) is 4.79 Å². The Labute approximate surface area is 123 Å². The molecule has 0 atom stereocenters. The van der Waals surface area contributed by atoms with E-state index in [9.17, 15) is 14.7 Å². The minimum absolute atomic E-state index is 0.106. The van der Waals surface area contributed by atoms with Crippen LogP contribution in [0, 0.1) is 5.41 Å². The molecule has 21 heavy (non-hydrogen) atoms. The second-order valence-corrected chi connectivity index (χ2v) is 5.74. The maximum atomic E-state index is 12.3. The number of anilines is 1. The van der Waals surface area contributed by atoms with Crippen LogP contribution in [0.25, 0.3) is 10.8 Å². The standard InChI is InChI=1S/C17H19NO3/c1-4-17(2,3)16(21)18-14-10-12-8-6-5-7-11(12)9-13(14)15(19)20/h5-10H,4H2,1-3H3,(H,18,21)(H,19,20). The van der Waals surface area contributed by atoms with Crippen molar-refractivity contribution in [3.63, 3.8) is 0 Å². The van der Waals surface area contributed by atoms with E-state index in [-0.39, 0.29) is 11.5 Å². The third-order valence-electron chi connectivity index (χ3n) is 3.86. The Morgan fingerprint density at radius 1 is 1.14 bits per heavy atom. The van der Waals surface area contributed by atoms with Gasteiger partial charge in [0.25, 0.3) is 0 Å². The van der Waals surface area contributed by atoms with Gasteiger partial charge >= 0.3 is 5.97 Å². The average Bonchev–Trinajstić information content (AvgIpc) is 2.46. The van der Waals surface area contributed by atoms with Gasteiger partial charge in [-0.25, -0.2) is 4.79 Å². The summed E-state index contributed by atoms with van der Waals surface area (Å²) in [7, 11) is 0. The molecule has 0 aliphatic carbocycles. The fourth-order valence-electron chi connectivity index (χ4n) is 1.97. The van der Waals surface area contributed by atoms with Crippen molar-refractivity contribution >= 4 is 28.3 Å². The van der Waals surface area contributed by atoms with Crippen molar-refractivity contribution in [3.05, 3.63) is 42.0 Å². The highest BCUT2D eigenvalue weighted by Crippen LogP contribution is 2.27. The summed E-state index contributed by atoms with van der Waals surface area (Å²) in [5.74, 6) is -1.23. The first-order chi connectivity index (χ1) is 9.85. The number of hydrogen-bond acceptors (Lipinski definition) is 2. The maximum absolute atomic E-state index is 12.3. The Morgan fingerprint density at radius 3 is 2.24 bits per heavy atom. The van der Waals surface area contributed by atoms with Gasteiger partial charge in [-0.2, -0.15) is 0 Å². The predicted molar refractivity (Wildman–Crippen MR) is 83.6 cm³/mol. The van der Waals surface area contributed by atoms with Crippen LogP contribution in [-0.4, -0.2) is 17.0 Å². The lowest BCUT2D eigenvalue weighted by molar-refractivity contribution is -0.124. The molecule has 0 bridgehead atoms. The predicted octanol–water partition coefficient (Wildman–Crippen LogP) is 3.91. The number of carboxylic acids is 1. The van der Waals surface area contributed by atoms with Crippen LogP contribution in [0.5, 0.6) is 0 Å². The Hall–Kier alpha value is -2.36. The van der Waals surface area contributed by atoms with Crippen molar-refractivity contribution in [2.45, 2.75) is 27.2 Å². The van der Waals surface area contributed by atoms with Gasteiger partial charge in [0.2, 0.25) is 5.91 Å². The first-order valence-corrected chi connectivity index (χ1v) is 6.92. The minimum Gasteiger partial charge on any atom is -0.478 e. The molecule has 0 heterocycles. The number of aromatic carboxylic acids is 1. The number of fused-ring (bicyclic) bond motifs is 1. The smallest absolute Gasteiger partial charge is 0.337 e. The van der Waals surface area contributed by atoms with Gasteiger partial charge < -0.3 is 10.4 Å². The third-order valence-corrected chi connectivity index (χ3v) is 3.86. The normalized spacial score (nSPS) is 11.4. The summed E-state index contributed by atoms with van der Waals surface area (Å²) >= 11 is 0. The molecule has 2 aromatic carbocycles. The number of benzene rings is 2. The number of carbonyl (C=O) groups is 2. The zero-order chi connectivity index (χ0) is 15.6. The monoisotopic (exact) mass is 285 g/mol. The molecule has 110 valence electrons. The molecular formula is C17H19NO3. The van der Waals surface area contributed by atoms with Gasteiger partial charge in [-0.15, -0.1) is 0 Å².